The molecule has 1 N–H and O–H groups in total. The fourth-order valence-corrected chi connectivity index (χ4v) is 7.28. The molecule has 0 heterocycles. The van der Waals surface area contributed by atoms with E-state index < -0.39 is 0 Å². The summed E-state index contributed by atoms with van der Waals surface area (Å²) in [6.07, 6.45) is 13.9. The summed E-state index contributed by atoms with van der Waals surface area (Å²) in [6.45, 7) is 4.68. The number of ketones is 1. The SMILES string of the molecule is C#C[C@@H]1C[C@@H]2[C@H](CC[C@]3(C)C(=O)CC[C@@H]23)[C@@]2(C)CC[C@H](O)C[C@H]12. The van der Waals surface area contributed by atoms with Crippen LogP contribution in [0, 0.1) is 52.8 Å². The van der Waals surface area contributed by atoms with Gasteiger partial charge in [0, 0.05) is 17.8 Å². The van der Waals surface area contributed by atoms with Crippen molar-refractivity contribution in [2.45, 2.75) is 71.3 Å². The van der Waals surface area contributed by atoms with E-state index in [2.05, 4.69) is 19.8 Å². The van der Waals surface area contributed by atoms with Gasteiger partial charge in [-0.15, -0.1) is 12.3 Å². The minimum absolute atomic E-state index is 0.0717. The molecule has 0 radical (unpaired) electrons. The minimum Gasteiger partial charge on any atom is -0.393 e. The van der Waals surface area contributed by atoms with Crippen LogP contribution in [-0.2, 0) is 4.79 Å². The number of rotatable bonds is 0. The second kappa shape index (κ2) is 5.09. The molecule has 4 saturated carbocycles. The summed E-state index contributed by atoms with van der Waals surface area (Å²) in [6, 6.07) is 0. The molecule has 0 amide bonds. The van der Waals surface area contributed by atoms with Crippen LogP contribution < -0.4 is 0 Å². The lowest BCUT2D eigenvalue weighted by atomic mass is 9.43. The molecule has 4 aliphatic carbocycles. The molecule has 0 aliphatic heterocycles. The molecule has 0 unspecified atom stereocenters. The van der Waals surface area contributed by atoms with Crippen LogP contribution in [0.3, 0.4) is 0 Å². The number of carbonyl (C=O) groups excluding carboxylic acids is 1. The summed E-state index contributed by atoms with van der Waals surface area (Å²) < 4.78 is 0. The molecule has 0 spiro atoms. The van der Waals surface area contributed by atoms with Crippen LogP contribution in [0.5, 0.6) is 0 Å². The van der Waals surface area contributed by atoms with E-state index in [4.69, 9.17) is 6.42 Å². The first-order valence-electron chi connectivity index (χ1n) is 9.57. The summed E-state index contributed by atoms with van der Waals surface area (Å²) in [5, 5.41) is 10.2. The van der Waals surface area contributed by atoms with Gasteiger partial charge in [-0.1, -0.05) is 13.8 Å². The maximum atomic E-state index is 12.5. The summed E-state index contributed by atoms with van der Waals surface area (Å²) in [4.78, 5) is 12.5. The number of hydrogen-bond acceptors (Lipinski definition) is 2. The van der Waals surface area contributed by atoms with Gasteiger partial charge in [0.2, 0.25) is 0 Å². The summed E-state index contributed by atoms with van der Waals surface area (Å²) in [5.74, 6) is 6.23. The van der Waals surface area contributed by atoms with E-state index in [0.29, 0.717) is 29.5 Å². The van der Waals surface area contributed by atoms with Crippen LogP contribution in [-0.4, -0.2) is 17.0 Å². The Morgan fingerprint density at radius 2 is 1.87 bits per heavy atom. The average Bonchev–Trinajstić information content (AvgIpc) is 2.83. The molecule has 4 rings (SSSR count). The van der Waals surface area contributed by atoms with Gasteiger partial charge in [0.05, 0.1) is 6.10 Å². The number of carbonyl (C=O) groups is 1. The molecular formula is C21H30O2. The Labute approximate surface area is 140 Å². The fourth-order valence-electron chi connectivity index (χ4n) is 7.28. The third-order valence-corrected chi connectivity index (χ3v) is 8.61. The number of hydrogen-bond donors (Lipinski definition) is 1. The van der Waals surface area contributed by atoms with E-state index in [1.165, 1.54) is 6.42 Å². The van der Waals surface area contributed by atoms with Crippen LogP contribution in [0.2, 0.25) is 0 Å². The summed E-state index contributed by atoms with van der Waals surface area (Å²) in [7, 11) is 0. The van der Waals surface area contributed by atoms with Crippen molar-refractivity contribution >= 4 is 5.78 Å². The van der Waals surface area contributed by atoms with Crippen molar-refractivity contribution in [3.05, 3.63) is 0 Å². The van der Waals surface area contributed by atoms with E-state index >= 15 is 0 Å². The largest absolute Gasteiger partial charge is 0.393 e. The zero-order chi connectivity index (χ0) is 16.4. The van der Waals surface area contributed by atoms with Gasteiger partial charge >= 0.3 is 0 Å². The van der Waals surface area contributed by atoms with Crippen molar-refractivity contribution in [2.75, 3.05) is 0 Å². The highest BCUT2D eigenvalue weighted by Gasteiger charge is 2.61. The standard InChI is InChI=1S/C21H30O2/c1-4-13-11-15-16-5-6-19(23)21(16,3)10-8-17(15)20(2)9-7-14(22)12-18(13)20/h1,13-18,22H,5-12H2,2-3H3/t13-,14+,15+,16+,17+,18-,20-,21+/m1/s1. The Balaban J connectivity index is 1.71. The lowest BCUT2D eigenvalue weighted by Gasteiger charge is -2.61. The number of fused-ring (bicyclic) bond motifs is 5. The lowest BCUT2D eigenvalue weighted by Crippen LogP contribution is -2.56. The highest BCUT2D eigenvalue weighted by molar-refractivity contribution is 5.87. The predicted octanol–water partition coefficient (Wildman–Crippen LogP) is 3.82. The van der Waals surface area contributed by atoms with Crippen molar-refractivity contribution in [1.29, 1.82) is 0 Å². The molecule has 0 aromatic carbocycles. The lowest BCUT2D eigenvalue weighted by molar-refractivity contribution is -0.148. The van der Waals surface area contributed by atoms with Gasteiger partial charge < -0.3 is 5.11 Å². The van der Waals surface area contributed by atoms with Crippen LogP contribution in [0.15, 0.2) is 0 Å². The maximum Gasteiger partial charge on any atom is 0.139 e. The first kappa shape index (κ1) is 15.7. The normalized spacial score (nSPS) is 55.5. The Bertz CT molecular complexity index is 561. The minimum atomic E-state index is -0.164. The third-order valence-electron chi connectivity index (χ3n) is 8.61. The maximum absolute atomic E-state index is 12.5. The van der Waals surface area contributed by atoms with E-state index in [1.807, 2.05) is 0 Å². The quantitative estimate of drug-likeness (QED) is 0.690. The van der Waals surface area contributed by atoms with Gasteiger partial charge in [-0.05, 0) is 74.0 Å². The van der Waals surface area contributed by atoms with Gasteiger partial charge in [0.1, 0.15) is 5.78 Å². The molecule has 0 bridgehead atoms. The van der Waals surface area contributed by atoms with Gasteiger partial charge in [0.15, 0.2) is 0 Å². The number of terminal acetylenes is 1. The van der Waals surface area contributed by atoms with Gasteiger partial charge in [-0.2, -0.15) is 0 Å². The molecule has 0 aromatic rings. The molecule has 4 aliphatic rings. The second-order valence-corrected chi connectivity index (χ2v) is 9.34. The Morgan fingerprint density at radius 1 is 1.09 bits per heavy atom. The monoisotopic (exact) mass is 314 g/mol. The Morgan fingerprint density at radius 3 is 2.61 bits per heavy atom. The van der Waals surface area contributed by atoms with E-state index in [9.17, 15) is 9.90 Å². The second-order valence-electron chi connectivity index (χ2n) is 9.34. The topological polar surface area (TPSA) is 37.3 Å². The van der Waals surface area contributed by atoms with E-state index in [1.54, 1.807) is 0 Å². The van der Waals surface area contributed by atoms with Gasteiger partial charge in [-0.3, -0.25) is 4.79 Å². The van der Waals surface area contributed by atoms with Gasteiger partial charge in [0.25, 0.3) is 0 Å². The van der Waals surface area contributed by atoms with Crippen LogP contribution >= 0.6 is 0 Å². The molecular weight excluding hydrogens is 284 g/mol. The van der Waals surface area contributed by atoms with Crippen LogP contribution in [0.4, 0.5) is 0 Å². The van der Waals surface area contributed by atoms with Crippen molar-refractivity contribution in [3.63, 3.8) is 0 Å². The molecule has 2 nitrogen and oxygen atoms in total. The third kappa shape index (κ3) is 2.02. The molecule has 2 heteroatoms. The summed E-state index contributed by atoms with van der Waals surface area (Å²) in [5.41, 5.74) is 0.198. The predicted molar refractivity (Wildman–Crippen MR) is 90.4 cm³/mol. The highest BCUT2D eigenvalue weighted by atomic mass is 16.3. The fraction of sp³-hybridized carbons (Fsp3) is 0.857. The average molecular weight is 314 g/mol. The smallest absolute Gasteiger partial charge is 0.139 e. The van der Waals surface area contributed by atoms with E-state index in [0.717, 1.165) is 44.9 Å². The molecule has 0 saturated heterocycles. The Kier molecular flexibility index (Phi) is 3.48. The first-order chi connectivity index (χ1) is 10.9. The van der Waals surface area contributed by atoms with Crippen molar-refractivity contribution < 1.29 is 9.90 Å². The van der Waals surface area contributed by atoms with E-state index in [-0.39, 0.29) is 22.9 Å². The first-order valence-corrected chi connectivity index (χ1v) is 9.57. The molecule has 0 aromatic heterocycles. The van der Waals surface area contributed by atoms with Crippen molar-refractivity contribution in [2.24, 2.45) is 40.4 Å². The Hall–Kier alpha value is -0.810. The molecule has 8 atom stereocenters. The number of Topliss-reactive ketones (excluding diaryl/α,β-unsaturated/α-hetero) is 1. The molecule has 4 fully saturated rings. The zero-order valence-corrected chi connectivity index (χ0v) is 14.6. The number of aliphatic hydroxyl groups excluding tert-OH is 1. The molecule has 126 valence electrons. The van der Waals surface area contributed by atoms with Crippen molar-refractivity contribution in [1.82, 2.24) is 0 Å². The zero-order valence-electron chi connectivity index (χ0n) is 14.6. The highest BCUT2D eigenvalue weighted by Crippen LogP contribution is 2.66. The van der Waals surface area contributed by atoms with Crippen molar-refractivity contribution in [3.8, 4) is 12.3 Å². The van der Waals surface area contributed by atoms with Gasteiger partial charge in [-0.25, -0.2) is 0 Å². The summed E-state index contributed by atoms with van der Waals surface area (Å²) >= 11 is 0. The van der Waals surface area contributed by atoms with Crippen LogP contribution in [0.25, 0.3) is 0 Å². The van der Waals surface area contributed by atoms with Crippen LogP contribution in [0.1, 0.15) is 65.2 Å². The number of aliphatic hydroxyl groups is 1. The molecule has 23 heavy (non-hydrogen) atoms.